The summed E-state index contributed by atoms with van der Waals surface area (Å²) < 4.78 is 0. The summed E-state index contributed by atoms with van der Waals surface area (Å²) in [4.78, 5) is 4.57. The molecule has 0 aromatic carbocycles. The van der Waals surface area contributed by atoms with Crippen LogP contribution in [0.3, 0.4) is 0 Å². The third-order valence-corrected chi connectivity index (χ3v) is 2.16. The lowest BCUT2D eigenvalue weighted by Gasteiger charge is -2.18. The van der Waals surface area contributed by atoms with Crippen LogP contribution in [0.2, 0.25) is 0 Å². The molecule has 12 heavy (non-hydrogen) atoms. The van der Waals surface area contributed by atoms with Crippen molar-refractivity contribution in [2.45, 2.75) is 26.7 Å². The number of nitrogens with zero attached hydrogens (tertiary/aromatic N) is 2. The topological polar surface area (TPSA) is 6.48 Å². The maximum atomic E-state index is 2.36. The van der Waals surface area contributed by atoms with Gasteiger partial charge in [-0.25, -0.2) is 0 Å². The van der Waals surface area contributed by atoms with E-state index in [0.717, 1.165) is 12.6 Å². The van der Waals surface area contributed by atoms with Crippen molar-refractivity contribution in [3.8, 4) is 0 Å². The van der Waals surface area contributed by atoms with E-state index in [0.29, 0.717) is 0 Å². The summed E-state index contributed by atoms with van der Waals surface area (Å²) in [6.45, 7) is 6.84. The summed E-state index contributed by atoms with van der Waals surface area (Å²) in [6, 6.07) is 0. The first kappa shape index (κ1) is 9.43. The first-order valence-electron chi connectivity index (χ1n) is 4.81. The van der Waals surface area contributed by atoms with Crippen LogP contribution in [0.15, 0.2) is 12.4 Å². The average molecular weight is 168 g/mol. The van der Waals surface area contributed by atoms with Gasteiger partial charge in [-0.1, -0.05) is 13.8 Å². The van der Waals surface area contributed by atoms with E-state index >= 15 is 0 Å². The van der Waals surface area contributed by atoms with Gasteiger partial charge in [-0.3, -0.25) is 0 Å². The van der Waals surface area contributed by atoms with Crippen LogP contribution in [0.4, 0.5) is 0 Å². The van der Waals surface area contributed by atoms with Crippen LogP contribution in [0, 0.1) is 5.92 Å². The Morgan fingerprint density at radius 3 is 2.58 bits per heavy atom. The largest absolute Gasteiger partial charge is 0.362 e. The molecule has 1 aliphatic heterocycles. The van der Waals surface area contributed by atoms with Crippen LogP contribution in [-0.4, -0.2) is 30.1 Å². The van der Waals surface area contributed by atoms with Gasteiger partial charge in [0.25, 0.3) is 0 Å². The second kappa shape index (κ2) is 4.39. The van der Waals surface area contributed by atoms with Gasteiger partial charge in [-0.15, -0.1) is 0 Å². The third kappa shape index (κ3) is 3.16. The molecule has 70 valence electrons. The van der Waals surface area contributed by atoms with Gasteiger partial charge >= 0.3 is 0 Å². The highest BCUT2D eigenvalue weighted by molar-refractivity contribution is 4.88. The quantitative estimate of drug-likeness (QED) is 0.634. The fourth-order valence-electron chi connectivity index (χ4n) is 1.44. The summed E-state index contributed by atoms with van der Waals surface area (Å²) in [5.41, 5.74) is 0. The molecule has 0 N–H and O–H groups in total. The lowest BCUT2D eigenvalue weighted by atomic mass is 10.1. The molecule has 1 rings (SSSR count). The fraction of sp³-hybridized carbons (Fsp3) is 0.800. The van der Waals surface area contributed by atoms with E-state index in [9.17, 15) is 0 Å². The Balaban J connectivity index is 2.05. The first-order valence-corrected chi connectivity index (χ1v) is 4.81. The Hall–Kier alpha value is -0.660. The van der Waals surface area contributed by atoms with E-state index in [2.05, 4.69) is 43.1 Å². The molecular formula is C10H20N2. The molecule has 0 atom stereocenters. The van der Waals surface area contributed by atoms with Gasteiger partial charge in [0, 0.05) is 26.0 Å². The zero-order chi connectivity index (χ0) is 8.97. The van der Waals surface area contributed by atoms with Crippen molar-refractivity contribution in [2.24, 2.45) is 5.92 Å². The molecule has 2 nitrogen and oxygen atoms in total. The van der Waals surface area contributed by atoms with Crippen LogP contribution in [0.1, 0.15) is 26.7 Å². The van der Waals surface area contributed by atoms with Crippen LogP contribution in [0.5, 0.6) is 0 Å². The molecule has 0 fully saturated rings. The van der Waals surface area contributed by atoms with E-state index in [1.165, 1.54) is 19.4 Å². The van der Waals surface area contributed by atoms with Gasteiger partial charge in [0.15, 0.2) is 0 Å². The Kier molecular flexibility index (Phi) is 3.45. The minimum atomic E-state index is 0.842. The first-order chi connectivity index (χ1) is 5.68. The highest BCUT2D eigenvalue weighted by atomic mass is 15.3. The molecule has 0 amide bonds. The van der Waals surface area contributed by atoms with Gasteiger partial charge in [-0.2, -0.15) is 0 Å². The van der Waals surface area contributed by atoms with Crippen LogP contribution >= 0.6 is 0 Å². The molecule has 1 aliphatic rings. The Morgan fingerprint density at radius 2 is 2.08 bits per heavy atom. The van der Waals surface area contributed by atoms with Gasteiger partial charge < -0.3 is 9.80 Å². The van der Waals surface area contributed by atoms with E-state index in [1.54, 1.807) is 0 Å². The maximum Gasteiger partial charge on any atom is 0.0890 e. The van der Waals surface area contributed by atoms with Crippen molar-refractivity contribution in [3.63, 3.8) is 0 Å². The Labute approximate surface area is 75.8 Å². The molecule has 0 bridgehead atoms. The molecule has 0 aliphatic carbocycles. The summed E-state index contributed by atoms with van der Waals surface area (Å²) in [7, 11) is 2.11. The Morgan fingerprint density at radius 1 is 1.33 bits per heavy atom. The van der Waals surface area contributed by atoms with Crippen molar-refractivity contribution in [2.75, 3.05) is 20.3 Å². The Bertz CT molecular complexity index is 152. The zero-order valence-corrected chi connectivity index (χ0v) is 8.45. The van der Waals surface area contributed by atoms with Crippen molar-refractivity contribution in [3.05, 3.63) is 12.4 Å². The third-order valence-electron chi connectivity index (χ3n) is 2.16. The van der Waals surface area contributed by atoms with Gasteiger partial charge in [0.2, 0.25) is 0 Å². The lowest BCUT2D eigenvalue weighted by Crippen LogP contribution is -2.23. The maximum absolute atomic E-state index is 2.36. The van der Waals surface area contributed by atoms with Crippen molar-refractivity contribution in [1.82, 2.24) is 9.80 Å². The highest BCUT2D eigenvalue weighted by Gasteiger charge is 2.07. The predicted octanol–water partition coefficient (Wildman–Crippen LogP) is 2.10. The van der Waals surface area contributed by atoms with Gasteiger partial charge in [0.05, 0.1) is 6.67 Å². The molecule has 1 heterocycles. The fourth-order valence-corrected chi connectivity index (χ4v) is 1.44. The van der Waals surface area contributed by atoms with Crippen molar-refractivity contribution < 1.29 is 0 Å². The highest BCUT2D eigenvalue weighted by Crippen LogP contribution is 2.08. The van der Waals surface area contributed by atoms with Crippen molar-refractivity contribution in [1.29, 1.82) is 0 Å². The molecular weight excluding hydrogens is 148 g/mol. The zero-order valence-electron chi connectivity index (χ0n) is 8.45. The molecule has 0 radical (unpaired) electrons. The van der Waals surface area contributed by atoms with E-state index < -0.39 is 0 Å². The number of rotatable bonds is 4. The average Bonchev–Trinajstić information content (AvgIpc) is 2.35. The minimum absolute atomic E-state index is 0.842. The number of hydrogen-bond acceptors (Lipinski definition) is 2. The SMILES string of the molecule is CC(C)CCCN1C=CN(C)C1. The normalized spacial score (nSPS) is 16.7. The summed E-state index contributed by atoms with van der Waals surface area (Å²) in [5.74, 6) is 0.842. The van der Waals surface area contributed by atoms with Gasteiger partial charge in [-0.05, 0) is 18.8 Å². The molecule has 0 saturated carbocycles. The van der Waals surface area contributed by atoms with E-state index in [4.69, 9.17) is 0 Å². The van der Waals surface area contributed by atoms with E-state index in [1.807, 2.05) is 0 Å². The molecule has 0 unspecified atom stereocenters. The molecule has 0 spiro atoms. The van der Waals surface area contributed by atoms with Crippen LogP contribution in [-0.2, 0) is 0 Å². The molecule has 2 heteroatoms. The van der Waals surface area contributed by atoms with Gasteiger partial charge in [0.1, 0.15) is 0 Å². The standard InChI is InChI=1S/C10H20N2/c1-10(2)5-4-6-12-8-7-11(3)9-12/h7-8,10H,4-6,9H2,1-3H3. The summed E-state index contributed by atoms with van der Waals surface area (Å²) >= 11 is 0. The van der Waals surface area contributed by atoms with Crippen LogP contribution < -0.4 is 0 Å². The minimum Gasteiger partial charge on any atom is -0.362 e. The van der Waals surface area contributed by atoms with Crippen molar-refractivity contribution >= 4 is 0 Å². The lowest BCUT2D eigenvalue weighted by molar-refractivity contribution is 0.287. The second-order valence-electron chi connectivity index (χ2n) is 4.05. The molecule has 0 aromatic rings. The molecule has 0 aromatic heterocycles. The smallest absolute Gasteiger partial charge is 0.0890 e. The second-order valence-corrected chi connectivity index (χ2v) is 4.05. The summed E-state index contributed by atoms with van der Waals surface area (Å²) in [6.07, 6.45) is 6.97. The predicted molar refractivity (Wildman–Crippen MR) is 52.5 cm³/mol. The number of hydrogen-bond donors (Lipinski definition) is 0. The monoisotopic (exact) mass is 168 g/mol. The van der Waals surface area contributed by atoms with E-state index in [-0.39, 0.29) is 0 Å². The molecule has 0 saturated heterocycles. The van der Waals surface area contributed by atoms with Crippen LogP contribution in [0.25, 0.3) is 0 Å². The summed E-state index contributed by atoms with van der Waals surface area (Å²) in [5, 5.41) is 0.